The quantitative estimate of drug-likeness (QED) is 0.691. The molecule has 1 amide bonds. The Bertz CT molecular complexity index is 937. The summed E-state index contributed by atoms with van der Waals surface area (Å²) >= 11 is 1.31. The van der Waals surface area contributed by atoms with E-state index in [9.17, 15) is 9.18 Å². The van der Waals surface area contributed by atoms with Gasteiger partial charge in [-0.15, -0.1) is 10.2 Å². The van der Waals surface area contributed by atoms with Crippen LogP contribution in [0.4, 0.5) is 10.1 Å². The highest BCUT2D eigenvalue weighted by molar-refractivity contribution is 7.99. The first-order chi connectivity index (χ1) is 12.5. The number of carbonyl (C=O) groups excluding carboxylic acids is 1. The summed E-state index contributed by atoms with van der Waals surface area (Å²) in [6.07, 6.45) is 0. The van der Waals surface area contributed by atoms with Crippen LogP contribution in [0.2, 0.25) is 0 Å². The molecule has 1 N–H and O–H groups in total. The molecule has 3 rings (SSSR count). The number of halogens is 1. The van der Waals surface area contributed by atoms with Gasteiger partial charge in [-0.05, 0) is 55.3 Å². The van der Waals surface area contributed by atoms with Crippen molar-refractivity contribution in [3.05, 3.63) is 59.4 Å². The fourth-order valence-corrected chi connectivity index (χ4v) is 3.20. The number of rotatable bonds is 5. The Labute approximate surface area is 155 Å². The molecule has 2 aromatic carbocycles. The standard InChI is InChI=1S/C19H19FN4OS/c1-12-5-4-6-16(13(12)2)21-17(25)11-26-19-23-22-18(24(19)3)14-7-9-15(20)10-8-14/h4-10H,11H2,1-3H3,(H,21,25). The number of nitrogens with zero attached hydrogens (tertiary/aromatic N) is 3. The largest absolute Gasteiger partial charge is 0.325 e. The molecular formula is C19H19FN4OS. The van der Waals surface area contributed by atoms with Gasteiger partial charge in [0.1, 0.15) is 5.82 Å². The van der Waals surface area contributed by atoms with Gasteiger partial charge in [0.05, 0.1) is 5.75 Å². The minimum Gasteiger partial charge on any atom is -0.325 e. The lowest BCUT2D eigenvalue weighted by Crippen LogP contribution is -2.15. The predicted octanol–water partition coefficient (Wildman–Crippen LogP) is 3.97. The zero-order chi connectivity index (χ0) is 18.7. The molecule has 0 unspecified atom stereocenters. The van der Waals surface area contributed by atoms with Crippen LogP contribution in [0.1, 0.15) is 11.1 Å². The number of carbonyl (C=O) groups is 1. The molecule has 0 aliphatic carbocycles. The Morgan fingerprint density at radius 3 is 2.62 bits per heavy atom. The molecule has 5 nitrogen and oxygen atoms in total. The number of hydrogen-bond donors (Lipinski definition) is 1. The SMILES string of the molecule is Cc1cccc(NC(=O)CSc2nnc(-c3ccc(F)cc3)n2C)c1C. The van der Waals surface area contributed by atoms with E-state index in [1.54, 1.807) is 16.7 Å². The number of hydrogen-bond acceptors (Lipinski definition) is 4. The van der Waals surface area contributed by atoms with Gasteiger partial charge in [0.15, 0.2) is 11.0 Å². The molecule has 0 saturated carbocycles. The van der Waals surface area contributed by atoms with Crippen molar-refractivity contribution in [3.8, 4) is 11.4 Å². The summed E-state index contributed by atoms with van der Waals surface area (Å²) in [5.74, 6) is 0.453. The Morgan fingerprint density at radius 2 is 1.88 bits per heavy atom. The Morgan fingerprint density at radius 1 is 1.15 bits per heavy atom. The van der Waals surface area contributed by atoms with Crippen LogP contribution in [0, 0.1) is 19.7 Å². The van der Waals surface area contributed by atoms with Gasteiger partial charge in [-0.3, -0.25) is 4.79 Å². The molecule has 0 fully saturated rings. The molecule has 0 bridgehead atoms. The minimum atomic E-state index is -0.298. The Kier molecular flexibility index (Phi) is 5.37. The Balaban J connectivity index is 1.66. The van der Waals surface area contributed by atoms with E-state index in [0.717, 1.165) is 22.4 Å². The Hall–Kier alpha value is -2.67. The van der Waals surface area contributed by atoms with Crippen molar-refractivity contribution in [1.29, 1.82) is 0 Å². The molecule has 0 radical (unpaired) electrons. The second-order valence-electron chi connectivity index (χ2n) is 5.96. The average molecular weight is 370 g/mol. The summed E-state index contributed by atoms with van der Waals surface area (Å²) in [7, 11) is 1.82. The van der Waals surface area contributed by atoms with Gasteiger partial charge in [0, 0.05) is 18.3 Å². The maximum Gasteiger partial charge on any atom is 0.234 e. The zero-order valence-corrected chi connectivity index (χ0v) is 15.6. The number of aromatic nitrogens is 3. The molecule has 3 aromatic rings. The van der Waals surface area contributed by atoms with Crippen LogP contribution in [0.15, 0.2) is 47.6 Å². The number of aryl methyl sites for hydroxylation is 1. The summed E-state index contributed by atoms with van der Waals surface area (Å²) in [5, 5.41) is 11.8. The van der Waals surface area contributed by atoms with Crippen LogP contribution in [0.25, 0.3) is 11.4 Å². The van der Waals surface area contributed by atoms with Crippen molar-refractivity contribution in [2.45, 2.75) is 19.0 Å². The lowest BCUT2D eigenvalue weighted by molar-refractivity contribution is -0.113. The fraction of sp³-hybridized carbons (Fsp3) is 0.211. The lowest BCUT2D eigenvalue weighted by Gasteiger charge is -2.10. The molecule has 0 spiro atoms. The van der Waals surface area contributed by atoms with E-state index < -0.39 is 0 Å². The first-order valence-electron chi connectivity index (χ1n) is 8.10. The monoisotopic (exact) mass is 370 g/mol. The van der Waals surface area contributed by atoms with Crippen LogP contribution in [0.5, 0.6) is 0 Å². The molecule has 1 heterocycles. The third-order valence-electron chi connectivity index (χ3n) is 4.15. The topological polar surface area (TPSA) is 59.8 Å². The highest BCUT2D eigenvalue weighted by atomic mass is 32.2. The summed E-state index contributed by atoms with van der Waals surface area (Å²) < 4.78 is 14.9. The number of amides is 1. The van der Waals surface area contributed by atoms with Crippen LogP contribution < -0.4 is 5.32 Å². The normalized spacial score (nSPS) is 10.8. The fourth-order valence-electron chi connectivity index (χ4n) is 2.49. The lowest BCUT2D eigenvalue weighted by atomic mass is 10.1. The van der Waals surface area contributed by atoms with Crippen molar-refractivity contribution in [2.24, 2.45) is 7.05 Å². The molecule has 0 saturated heterocycles. The van der Waals surface area contributed by atoms with Crippen molar-refractivity contribution >= 4 is 23.4 Å². The van der Waals surface area contributed by atoms with E-state index in [0.29, 0.717) is 11.0 Å². The molecule has 0 aliphatic rings. The van der Waals surface area contributed by atoms with Crippen molar-refractivity contribution in [3.63, 3.8) is 0 Å². The third-order valence-corrected chi connectivity index (χ3v) is 5.17. The molecule has 7 heteroatoms. The first kappa shape index (κ1) is 18.1. The van der Waals surface area contributed by atoms with Crippen LogP contribution >= 0.6 is 11.8 Å². The molecule has 0 aliphatic heterocycles. The molecular weight excluding hydrogens is 351 g/mol. The highest BCUT2D eigenvalue weighted by Gasteiger charge is 2.13. The maximum atomic E-state index is 13.1. The van der Waals surface area contributed by atoms with E-state index in [1.807, 2.05) is 39.1 Å². The van der Waals surface area contributed by atoms with E-state index >= 15 is 0 Å². The van der Waals surface area contributed by atoms with Gasteiger partial charge < -0.3 is 9.88 Å². The number of benzene rings is 2. The second kappa shape index (κ2) is 7.70. The summed E-state index contributed by atoms with van der Waals surface area (Å²) in [6, 6.07) is 11.9. The van der Waals surface area contributed by atoms with Crippen LogP contribution in [0.3, 0.4) is 0 Å². The van der Waals surface area contributed by atoms with Crippen LogP contribution in [-0.2, 0) is 11.8 Å². The van der Waals surface area contributed by atoms with E-state index in [2.05, 4.69) is 15.5 Å². The maximum absolute atomic E-state index is 13.1. The summed E-state index contributed by atoms with van der Waals surface area (Å²) in [4.78, 5) is 12.2. The number of anilines is 1. The molecule has 0 atom stereocenters. The van der Waals surface area contributed by atoms with E-state index in [4.69, 9.17) is 0 Å². The third kappa shape index (κ3) is 3.94. The van der Waals surface area contributed by atoms with Crippen molar-refractivity contribution in [2.75, 3.05) is 11.1 Å². The molecule has 1 aromatic heterocycles. The van der Waals surface area contributed by atoms with Gasteiger partial charge >= 0.3 is 0 Å². The second-order valence-corrected chi connectivity index (χ2v) is 6.90. The van der Waals surface area contributed by atoms with E-state index in [-0.39, 0.29) is 17.5 Å². The van der Waals surface area contributed by atoms with Gasteiger partial charge in [-0.25, -0.2) is 4.39 Å². The van der Waals surface area contributed by atoms with Gasteiger partial charge in [-0.1, -0.05) is 23.9 Å². The van der Waals surface area contributed by atoms with Crippen molar-refractivity contribution in [1.82, 2.24) is 14.8 Å². The van der Waals surface area contributed by atoms with Crippen LogP contribution in [-0.4, -0.2) is 26.4 Å². The summed E-state index contributed by atoms with van der Waals surface area (Å²) in [6.45, 7) is 3.99. The molecule has 134 valence electrons. The van der Waals surface area contributed by atoms with E-state index in [1.165, 1.54) is 23.9 Å². The minimum absolute atomic E-state index is 0.102. The summed E-state index contributed by atoms with van der Waals surface area (Å²) in [5.41, 5.74) is 3.78. The van der Waals surface area contributed by atoms with Crippen molar-refractivity contribution < 1.29 is 9.18 Å². The zero-order valence-electron chi connectivity index (χ0n) is 14.8. The van der Waals surface area contributed by atoms with Gasteiger partial charge in [0.25, 0.3) is 0 Å². The first-order valence-corrected chi connectivity index (χ1v) is 9.08. The molecule has 26 heavy (non-hydrogen) atoms. The number of nitrogens with one attached hydrogen (secondary N) is 1. The van der Waals surface area contributed by atoms with Gasteiger partial charge in [-0.2, -0.15) is 0 Å². The average Bonchev–Trinajstić information content (AvgIpc) is 2.99. The number of thioether (sulfide) groups is 1. The smallest absolute Gasteiger partial charge is 0.234 e. The van der Waals surface area contributed by atoms with Gasteiger partial charge in [0.2, 0.25) is 5.91 Å². The highest BCUT2D eigenvalue weighted by Crippen LogP contribution is 2.23. The predicted molar refractivity (Wildman–Crippen MR) is 102 cm³/mol.